The summed E-state index contributed by atoms with van der Waals surface area (Å²) in [5, 5.41) is 19.9. The number of nitro groups is 1. The number of benzene rings is 2. The van der Waals surface area contributed by atoms with Gasteiger partial charge >= 0.3 is 16.2 Å². The molecule has 0 aliphatic heterocycles. The maximum absolute atomic E-state index is 12.4. The highest BCUT2D eigenvalue weighted by Gasteiger charge is 2.24. The van der Waals surface area contributed by atoms with Crippen LogP contribution in [0.5, 0.6) is 11.5 Å². The maximum Gasteiger partial charge on any atom is 0.413 e. The van der Waals surface area contributed by atoms with Crippen molar-refractivity contribution in [3.8, 4) is 11.5 Å². The van der Waals surface area contributed by atoms with E-state index >= 15 is 0 Å². The van der Waals surface area contributed by atoms with Crippen molar-refractivity contribution in [3.63, 3.8) is 0 Å². The fourth-order valence-electron chi connectivity index (χ4n) is 2.23. The lowest BCUT2D eigenvalue weighted by atomic mass is 10.1. The fraction of sp³-hybridized carbons (Fsp3) is 0.125. The van der Waals surface area contributed by atoms with E-state index in [1.165, 1.54) is 31.4 Å². The van der Waals surface area contributed by atoms with Crippen LogP contribution in [0.4, 0.5) is 10.5 Å². The van der Waals surface area contributed by atoms with Crippen LogP contribution in [0.15, 0.2) is 47.4 Å². The third kappa shape index (κ3) is 5.30. The average Bonchev–Trinajstić information content (AvgIpc) is 2.65. The first kappa shape index (κ1) is 21.8. The molecule has 0 radical (unpaired) electrons. The van der Waals surface area contributed by atoms with E-state index in [4.69, 9.17) is 19.8 Å². The predicted octanol–water partition coefficient (Wildman–Crippen LogP) is 2.09. The molecule has 0 heterocycles. The number of nitrogens with two attached hydrogens (primary N) is 1. The van der Waals surface area contributed by atoms with Crippen LogP contribution in [0.25, 0.3) is 0 Å². The number of methoxy groups -OCH3 is 1. The molecule has 154 valence electrons. The van der Waals surface area contributed by atoms with Crippen molar-refractivity contribution in [2.45, 2.75) is 11.4 Å². The van der Waals surface area contributed by atoms with Crippen LogP contribution in [0.2, 0.25) is 0 Å². The topological polar surface area (TPSA) is 162 Å². The second-order valence-corrected chi connectivity index (χ2v) is 7.43. The zero-order valence-electron chi connectivity index (χ0n) is 14.8. The van der Waals surface area contributed by atoms with E-state index in [-0.39, 0.29) is 16.2 Å². The molecule has 3 N–H and O–H groups in total. The van der Waals surface area contributed by atoms with Crippen molar-refractivity contribution in [1.29, 1.82) is 0 Å². The summed E-state index contributed by atoms with van der Waals surface area (Å²) < 4.78 is 34.6. The minimum atomic E-state index is -4.27. The van der Waals surface area contributed by atoms with Crippen LogP contribution < -0.4 is 14.7 Å². The number of hydrogen-bond donors (Lipinski definition) is 2. The number of nitro benzene ring substituents is 1. The molecular weight excluding hydrogens is 426 g/mol. The number of rotatable bonds is 7. The fourth-order valence-corrected chi connectivity index (χ4v) is 3.29. The highest BCUT2D eigenvalue weighted by molar-refractivity contribution is 7.87. The quantitative estimate of drug-likeness (QED) is 0.281. The molecule has 0 bridgehead atoms. The summed E-state index contributed by atoms with van der Waals surface area (Å²) in [4.78, 5) is 22.1. The van der Waals surface area contributed by atoms with Crippen LogP contribution >= 0.6 is 12.2 Å². The van der Waals surface area contributed by atoms with Gasteiger partial charge in [-0.2, -0.15) is 8.42 Å². The maximum atomic E-state index is 12.4. The molecule has 2 rings (SSSR count). The lowest BCUT2D eigenvalue weighted by Gasteiger charge is -2.17. The molecule has 0 unspecified atom stereocenters. The van der Waals surface area contributed by atoms with Crippen molar-refractivity contribution >= 4 is 39.2 Å². The summed E-state index contributed by atoms with van der Waals surface area (Å²) in [7, 11) is -2.85. The third-order valence-electron chi connectivity index (χ3n) is 3.63. The molecule has 0 aliphatic rings. The van der Waals surface area contributed by atoms with Gasteiger partial charge in [-0.3, -0.25) is 10.1 Å². The van der Waals surface area contributed by atoms with Crippen molar-refractivity contribution < 1.29 is 32.2 Å². The molecule has 2 aromatic carbocycles. The summed E-state index contributed by atoms with van der Waals surface area (Å²) in [6.07, 6.45) is -1.49. The molecule has 0 fully saturated rings. The average molecular weight is 441 g/mol. The van der Waals surface area contributed by atoms with Crippen LogP contribution in [-0.2, 0) is 16.7 Å². The lowest BCUT2D eigenvalue weighted by Crippen LogP contribution is -2.39. The zero-order chi connectivity index (χ0) is 21.8. The van der Waals surface area contributed by atoms with Gasteiger partial charge in [0.05, 0.1) is 30.2 Å². The molecule has 0 atom stereocenters. The molecule has 0 spiro atoms. The zero-order valence-corrected chi connectivity index (χ0v) is 16.5. The lowest BCUT2D eigenvalue weighted by molar-refractivity contribution is -0.385. The van der Waals surface area contributed by atoms with Gasteiger partial charge in [0.25, 0.3) is 5.69 Å². The van der Waals surface area contributed by atoms with E-state index in [0.29, 0.717) is 10.6 Å². The summed E-state index contributed by atoms with van der Waals surface area (Å²) in [6, 6.07) is 8.52. The Balaban J connectivity index is 2.35. The van der Waals surface area contributed by atoms with E-state index in [1.807, 2.05) is 0 Å². The second-order valence-electron chi connectivity index (χ2n) is 5.47. The van der Waals surface area contributed by atoms with Gasteiger partial charge < -0.3 is 19.8 Å². The molecule has 13 heteroatoms. The molecule has 1 amide bonds. The van der Waals surface area contributed by atoms with Gasteiger partial charge in [-0.15, -0.1) is 0 Å². The molecule has 2 aromatic rings. The van der Waals surface area contributed by atoms with Gasteiger partial charge in [0.15, 0.2) is 5.11 Å². The number of amides is 1. The van der Waals surface area contributed by atoms with E-state index in [1.54, 1.807) is 0 Å². The Hall–Kier alpha value is -3.45. The largest absolute Gasteiger partial charge is 0.497 e. The van der Waals surface area contributed by atoms with Crippen molar-refractivity contribution in [1.82, 2.24) is 4.90 Å². The first-order valence-electron chi connectivity index (χ1n) is 7.71. The minimum absolute atomic E-state index is 0.0561. The second kappa shape index (κ2) is 8.70. The van der Waals surface area contributed by atoms with Crippen LogP contribution in [0.1, 0.15) is 5.56 Å². The van der Waals surface area contributed by atoms with Crippen LogP contribution in [0.3, 0.4) is 0 Å². The third-order valence-corrected chi connectivity index (χ3v) is 5.11. The molecule has 0 aromatic heterocycles. The van der Waals surface area contributed by atoms with E-state index in [9.17, 15) is 23.3 Å². The number of carboxylic acid groups (broad SMARTS) is 1. The Bertz CT molecular complexity index is 1040. The van der Waals surface area contributed by atoms with Gasteiger partial charge in [0.1, 0.15) is 16.4 Å². The minimum Gasteiger partial charge on any atom is -0.497 e. The molecule has 0 saturated carbocycles. The Morgan fingerprint density at radius 1 is 1.24 bits per heavy atom. The first-order chi connectivity index (χ1) is 13.5. The Kier molecular flexibility index (Phi) is 6.56. The van der Waals surface area contributed by atoms with Gasteiger partial charge in [-0.05, 0) is 48.6 Å². The van der Waals surface area contributed by atoms with Gasteiger partial charge in [-0.1, -0.05) is 0 Å². The summed E-state index contributed by atoms with van der Waals surface area (Å²) in [6.45, 7) is -0.494. The van der Waals surface area contributed by atoms with Gasteiger partial charge in [0, 0.05) is 0 Å². The summed E-state index contributed by atoms with van der Waals surface area (Å²) >= 11 is 4.61. The normalized spacial score (nSPS) is 10.8. The van der Waals surface area contributed by atoms with Gasteiger partial charge in [0.2, 0.25) is 0 Å². The monoisotopic (exact) mass is 441 g/mol. The smallest absolute Gasteiger partial charge is 0.413 e. The highest BCUT2D eigenvalue weighted by atomic mass is 32.2. The summed E-state index contributed by atoms with van der Waals surface area (Å²) in [5.41, 5.74) is 4.69. The van der Waals surface area contributed by atoms with Gasteiger partial charge in [-0.25, -0.2) is 9.69 Å². The van der Waals surface area contributed by atoms with E-state index in [0.717, 1.165) is 18.2 Å². The molecule has 0 aliphatic carbocycles. The number of thiocarbonyl (C=S) groups is 1. The van der Waals surface area contributed by atoms with E-state index in [2.05, 4.69) is 12.2 Å². The van der Waals surface area contributed by atoms with Crippen molar-refractivity contribution in [2.24, 2.45) is 5.73 Å². The number of ether oxygens (including phenoxy) is 1. The molecule has 0 saturated heterocycles. The van der Waals surface area contributed by atoms with Crippen LogP contribution in [0, 0.1) is 10.1 Å². The number of nitrogens with zero attached hydrogens (tertiary/aromatic N) is 2. The van der Waals surface area contributed by atoms with Crippen LogP contribution in [-0.4, -0.2) is 41.7 Å². The number of hydrogen-bond acceptors (Lipinski definition) is 8. The molecule has 11 nitrogen and oxygen atoms in total. The van der Waals surface area contributed by atoms with Crippen molar-refractivity contribution in [3.05, 3.63) is 58.1 Å². The Morgan fingerprint density at radius 3 is 2.31 bits per heavy atom. The first-order valence-corrected chi connectivity index (χ1v) is 9.52. The summed E-state index contributed by atoms with van der Waals surface area (Å²) in [5.74, 6) is 0.109. The standard InChI is InChI=1S/C16H15N3O8S2/c1-26-11-4-6-13(7-5-11)29(24,25)27-12-3-2-10(14(8-12)19(22)23)9-18(15(17)28)16(20)21/h2-8H,9H2,1H3,(H2,17,28)(H,20,21). The SMILES string of the molecule is COc1ccc(S(=O)(=O)Oc2ccc(CN(C(=O)O)C(N)=S)c([N+](=O)[O-])c2)cc1. The highest BCUT2D eigenvalue weighted by Crippen LogP contribution is 2.28. The van der Waals surface area contributed by atoms with Crippen molar-refractivity contribution in [2.75, 3.05) is 7.11 Å². The Labute approximate surface area is 170 Å². The Morgan fingerprint density at radius 2 is 1.83 bits per heavy atom. The molecular formula is C16H15N3O8S2. The molecule has 29 heavy (non-hydrogen) atoms. The van der Waals surface area contributed by atoms with E-state index < -0.39 is 38.5 Å². The predicted molar refractivity (Wildman–Crippen MR) is 104 cm³/mol. The number of carbonyl (C=O) groups is 1.